The largest absolute Gasteiger partial charge is 0.480 e. The van der Waals surface area contributed by atoms with Gasteiger partial charge in [-0.25, -0.2) is 14.8 Å². The molecule has 2 N–H and O–H groups in total. The third-order valence-electron chi connectivity index (χ3n) is 2.77. The molecule has 0 aliphatic rings. The second-order valence-corrected chi connectivity index (χ2v) is 4.59. The number of carbonyl (C=O) groups is 1. The van der Waals surface area contributed by atoms with E-state index >= 15 is 0 Å². The van der Waals surface area contributed by atoms with Gasteiger partial charge in [-0.1, -0.05) is 27.7 Å². The number of nitrogens with zero attached hydrogens (tertiary/aromatic N) is 2. The highest BCUT2D eigenvalue weighted by molar-refractivity contribution is 5.76. The molecule has 100 valence electrons. The van der Waals surface area contributed by atoms with Gasteiger partial charge in [0.25, 0.3) is 0 Å². The summed E-state index contributed by atoms with van der Waals surface area (Å²) < 4.78 is 0. The third kappa shape index (κ3) is 3.68. The Morgan fingerprint density at radius 1 is 1.28 bits per heavy atom. The summed E-state index contributed by atoms with van der Waals surface area (Å²) in [4.78, 5) is 19.8. The lowest BCUT2D eigenvalue weighted by atomic mass is 10.1. The van der Waals surface area contributed by atoms with Crippen molar-refractivity contribution in [3.8, 4) is 0 Å². The smallest absolute Gasteiger partial charge is 0.326 e. The van der Waals surface area contributed by atoms with E-state index in [1.165, 1.54) is 0 Å². The van der Waals surface area contributed by atoms with Gasteiger partial charge < -0.3 is 10.4 Å². The molecule has 0 aromatic carbocycles. The van der Waals surface area contributed by atoms with Crippen LogP contribution in [0.5, 0.6) is 0 Å². The molecule has 0 saturated carbocycles. The van der Waals surface area contributed by atoms with Crippen LogP contribution in [0.2, 0.25) is 0 Å². The van der Waals surface area contributed by atoms with E-state index in [1.807, 2.05) is 33.8 Å². The van der Waals surface area contributed by atoms with E-state index in [-0.39, 0.29) is 5.92 Å². The second kappa shape index (κ2) is 6.33. The molecule has 1 aromatic rings. The molecular formula is C13H21N3O2. The Hall–Kier alpha value is -1.65. The van der Waals surface area contributed by atoms with Crippen LogP contribution in [-0.4, -0.2) is 27.1 Å². The molecule has 0 aliphatic heterocycles. The van der Waals surface area contributed by atoms with E-state index in [9.17, 15) is 4.79 Å². The zero-order chi connectivity index (χ0) is 13.7. The van der Waals surface area contributed by atoms with Crippen molar-refractivity contribution in [1.29, 1.82) is 0 Å². The van der Waals surface area contributed by atoms with Gasteiger partial charge in [0, 0.05) is 11.4 Å². The fourth-order valence-corrected chi connectivity index (χ4v) is 1.63. The Kier molecular flexibility index (Phi) is 5.07. The molecule has 1 aromatic heterocycles. The number of anilines is 1. The SMILES string of the molecule is CCc1cc(CC)nc(N[C@@H](C(=O)O)C(C)C)n1. The molecular weight excluding hydrogens is 230 g/mol. The van der Waals surface area contributed by atoms with E-state index in [2.05, 4.69) is 15.3 Å². The van der Waals surface area contributed by atoms with Gasteiger partial charge in [-0.3, -0.25) is 0 Å². The summed E-state index contributed by atoms with van der Waals surface area (Å²) in [6.45, 7) is 7.75. The van der Waals surface area contributed by atoms with Crippen LogP contribution in [0.1, 0.15) is 39.1 Å². The van der Waals surface area contributed by atoms with E-state index < -0.39 is 12.0 Å². The number of rotatable bonds is 6. The van der Waals surface area contributed by atoms with Crippen LogP contribution in [-0.2, 0) is 17.6 Å². The molecule has 1 rings (SSSR count). The zero-order valence-electron chi connectivity index (χ0n) is 11.4. The Morgan fingerprint density at radius 3 is 2.11 bits per heavy atom. The van der Waals surface area contributed by atoms with Crippen molar-refractivity contribution in [3.63, 3.8) is 0 Å². The van der Waals surface area contributed by atoms with Gasteiger partial charge in [0.1, 0.15) is 6.04 Å². The normalized spacial score (nSPS) is 12.5. The molecule has 1 atom stereocenters. The summed E-state index contributed by atoms with van der Waals surface area (Å²) in [6, 6.07) is 1.29. The number of nitrogens with one attached hydrogen (secondary N) is 1. The number of hydrogen-bond acceptors (Lipinski definition) is 4. The molecule has 5 nitrogen and oxygen atoms in total. The fraction of sp³-hybridized carbons (Fsp3) is 0.615. The van der Waals surface area contributed by atoms with Crippen molar-refractivity contribution in [1.82, 2.24) is 9.97 Å². The van der Waals surface area contributed by atoms with Crippen molar-refractivity contribution in [2.45, 2.75) is 46.6 Å². The number of carboxylic acids is 1. The van der Waals surface area contributed by atoms with E-state index in [1.54, 1.807) is 0 Å². The first-order valence-electron chi connectivity index (χ1n) is 6.34. The first kappa shape index (κ1) is 14.4. The van der Waals surface area contributed by atoms with Crippen molar-refractivity contribution in [3.05, 3.63) is 17.5 Å². The number of hydrogen-bond donors (Lipinski definition) is 2. The van der Waals surface area contributed by atoms with Gasteiger partial charge in [0.05, 0.1) is 0 Å². The summed E-state index contributed by atoms with van der Waals surface area (Å²) >= 11 is 0. The Labute approximate surface area is 108 Å². The molecule has 0 amide bonds. The van der Waals surface area contributed by atoms with Gasteiger partial charge in [-0.2, -0.15) is 0 Å². The summed E-state index contributed by atoms with van der Waals surface area (Å²) in [7, 11) is 0. The second-order valence-electron chi connectivity index (χ2n) is 4.59. The third-order valence-corrected chi connectivity index (χ3v) is 2.77. The van der Waals surface area contributed by atoms with Crippen molar-refractivity contribution >= 4 is 11.9 Å². The van der Waals surface area contributed by atoms with Crippen LogP contribution in [0.15, 0.2) is 6.07 Å². The molecule has 0 radical (unpaired) electrons. The van der Waals surface area contributed by atoms with Gasteiger partial charge in [0.2, 0.25) is 5.95 Å². The molecule has 0 saturated heterocycles. The minimum absolute atomic E-state index is 0.0264. The maximum absolute atomic E-state index is 11.1. The summed E-state index contributed by atoms with van der Waals surface area (Å²) in [5, 5.41) is 12.0. The quantitative estimate of drug-likeness (QED) is 0.810. The van der Waals surface area contributed by atoms with Gasteiger partial charge in [0.15, 0.2) is 0 Å². The predicted octanol–water partition coefficient (Wildman–Crippen LogP) is 2.12. The highest BCUT2D eigenvalue weighted by atomic mass is 16.4. The van der Waals surface area contributed by atoms with Crippen molar-refractivity contribution in [2.24, 2.45) is 5.92 Å². The van der Waals surface area contributed by atoms with Crippen LogP contribution in [0.25, 0.3) is 0 Å². The number of carboxylic acid groups (broad SMARTS) is 1. The lowest BCUT2D eigenvalue weighted by Gasteiger charge is -2.18. The van der Waals surface area contributed by atoms with E-state index in [0.717, 1.165) is 24.2 Å². The summed E-state index contributed by atoms with van der Waals surface area (Å²) in [5.41, 5.74) is 1.86. The number of aromatic nitrogens is 2. The number of aliphatic carboxylic acids is 1. The Bertz CT molecular complexity index is 396. The van der Waals surface area contributed by atoms with Gasteiger partial charge >= 0.3 is 5.97 Å². The van der Waals surface area contributed by atoms with E-state index in [4.69, 9.17) is 5.11 Å². The van der Waals surface area contributed by atoms with Gasteiger partial charge in [-0.05, 0) is 24.8 Å². The summed E-state index contributed by atoms with van der Waals surface area (Å²) in [6.07, 6.45) is 1.62. The molecule has 5 heteroatoms. The first-order valence-corrected chi connectivity index (χ1v) is 6.34. The molecule has 0 bridgehead atoms. The van der Waals surface area contributed by atoms with Crippen LogP contribution in [0.3, 0.4) is 0 Å². The van der Waals surface area contributed by atoms with Crippen LogP contribution in [0.4, 0.5) is 5.95 Å². The Morgan fingerprint density at radius 2 is 1.78 bits per heavy atom. The van der Waals surface area contributed by atoms with Crippen molar-refractivity contribution in [2.75, 3.05) is 5.32 Å². The highest BCUT2D eigenvalue weighted by Crippen LogP contribution is 2.12. The lowest BCUT2D eigenvalue weighted by Crippen LogP contribution is -2.35. The summed E-state index contributed by atoms with van der Waals surface area (Å²) in [5.74, 6) is -0.498. The molecule has 18 heavy (non-hydrogen) atoms. The number of aryl methyl sites for hydroxylation is 2. The molecule has 0 fully saturated rings. The molecule has 0 aliphatic carbocycles. The maximum Gasteiger partial charge on any atom is 0.326 e. The lowest BCUT2D eigenvalue weighted by molar-refractivity contribution is -0.138. The zero-order valence-corrected chi connectivity index (χ0v) is 11.4. The Balaban J connectivity index is 2.98. The predicted molar refractivity (Wildman–Crippen MR) is 70.7 cm³/mol. The van der Waals surface area contributed by atoms with Crippen molar-refractivity contribution < 1.29 is 9.90 Å². The minimum Gasteiger partial charge on any atom is -0.480 e. The van der Waals surface area contributed by atoms with Crippen LogP contribution >= 0.6 is 0 Å². The highest BCUT2D eigenvalue weighted by Gasteiger charge is 2.22. The average Bonchev–Trinajstić information content (AvgIpc) is 2.34. The fourth-order valence-electron chi connectivity index (χ4n) is 1.63. The first-order chi connectivity index (χ1) is 8.47. The van der Waals surface area contributed by atoms with Crippen LogP contribution in [0, 0.1) is 5.92 Å². The molecule has 0 unspecified atom stereocenters. The topological polar surface area (TPSA) is 75.1 Å². The van der Waals surface area contributed by atoms with Gasteiger partial charge in [-0.15, -0.1) is 0 Å². The minimum atomic E-state index is -0.881. The van der Waals surface area contributed by atoms with Crippen LogP contribution < -0.4 is 5.32 Å². The maximum atomic E-state index is 11.1. The molecule has 0 spiro atoms. The van der Waals surface area contributed by atoms with E-state index in [0.29, 0.717) is 5.95 Å². The monoisotopic (exact) mass is 251 g/mol. The molecule has 1 heterocycles. The standard InChI is InChI=1S/C13H21N3O2/c1-5-9-7-10(6-2)15-13(14-9)16-11(8(3)4)12(17)18/h7-8,11H,5-6H2,1-4H3,(H,17,18)(H,14,15,16)/t11-/m1/s1. The average molecular weight is 251 g/mol.